The summed E-state index contributed by atoms with van der Waals surface area (Å²) in [5, 5.41) is 5.50. The maximum atomic E-state index is 4.84. The smallest absolute Gasteiger partial charge is 0.231 e. The minimum atomic E-state index is 0.424. The van der Waals surface area contributed by atoms with Gasteiger partial charge < -0.3 is 9.88 Å². The minimum absolute atomic E-state index is 0.424. The molecule has 4 aromatic carbocycles. The van der Waals surface area contributed by atoms with Crippen molar-refractivity contribution in [1.29, 1.82) is 0 Å². The second-order valence-electron chi connectivity index (χ2n) is 8.45. The number of nitrogens with one attached hydrogen (secondary N) is 1. The summed E-state index contributed by atoms with van der Waals surface area (Å²) in [4.78, 5) is 14.2. The van der Waals surface area contributed by atoms with Gasteiger partial charge in [0.15, 0.2) is 11.6 Å². The Labute approximate surface area is 209 Å². The number of rotatable bonds is 6. The van der Waals surface area contributed by atoms with E-state index in [1.807, 2.05) is 36.4 Å². The summed E-state index contributed by atoms with van der Waals surface area (Å²) < 4.78 is 2.28. The maximum absolute atomic E-state index is 4.84. The Hall–Kier alpha value is -5.03. The lowest BCUT2D eigenvalue weighted by molar-refractivity contribution is 1.06. The van der Waals surface area contributed by atoms with Crippen LogP contribution in [0.3, 0.4) is 0 Å². The molecule has 0 saturated carbocycles. The third-order valence-electron chi connectivity index (χ3n) is 6.13. The summed E-state index contributed by atoms with van der Waals surface area (Å²) in [7, 11) is 0. The van der Waals surface area contributed by atoms with Crippen molar-refractivity contribution in [2.24, 2.45) is 0 Å². The standard InChI is InChI=1S/C31H23N5/c1-3-21(2)32-31-34-29(22-12-6-4-7-13-22)33-30(35-31)23-18-19-26-25-16-10-11-17-27(25)36(28(26)20-23)24-14-8-5-9-15-24/h3-20H,1-2H2,(H,32,33,34,35). The lowest BCUT2D eigenvalue weighted by atomic mass is 10.1. The molecule has 1 N–H and O–H groups in total. The number of aromatic nitrogens is 4. The Balaban J connectivity index is 1.58. The van der Waals surface area contributed by atoms with Gasteiger partial charge in [0.05, 0.1) is 11.0 Å². The largest absolute Gasteiger partial charge is 0.325 e. The summed E-state index contributed by atoms with van der Waals surface area (Å²) >= 11 is 0. The number of nitrogens with zero attached hydrogens (tertiary/aromatic N) is 4. The van der Waals surface area contributed by atoms with Crippen molar-refractivity contribution >= 4 is 27.8 Å². The third-order valence-corrected chi connectivity index (χ3v) is 6.13. The van der Waals surface area contributed by atoms with Gasteiger partial charge in [-0.25, -0.2) is 4.98 Å². The normalized spacial score (nSPS) is 11.0. The Bertz CT molecular complexity index is 1730. The van der Waals surface area contributed by atoms with Crippen molar-refractivity contribution in [3.05, 3.63) is 128 Å². The van der Waals surface area contributed by atoms with Crippen LogP contribution in [0.4, 0.5) is 5.95 Å². The lowest BCUT2D eigenvalue weighted by Gasteiger charge is -2.11. The van der Waals surface area contributed by atoms with Crippen LogP contribution in [0.25, 0.3) is 50.3 Å². The Morgan fingerprint density at radius 3 is 2.06 bits per heavy atom. The van der Waals surface area contributed by atoms with Crippen LogP contribution in [0.1, 0.15) is 0 Å². The predicted molar refractivity (Wildman–Crippen MR) is 148 cm³/mol. The average Bonchev–Trinajstić information content (AvgIpc) is 3.27. The Kier molecular flexibility index (Phi) is 5.35. The van der Waals surface area contributed by atoms with Crippen LogP contribution in [0, 0.1) is 0 Å². The van der Waals surface area contributed by atoms with Crippen LogP contribution in [-0.2, 0) is 0 Å². The van der Waals surface area contributed by atoms with E-state index in [9.17, 15) is 0 Å². The first-order chi connectivity index (χ1) is 17.7. The molecule has 0 atom stereocenters. The molecule has 6 rings (SSSR count). The Morgan fingerprint density at radius 1 is 0.667 bits per heavy atom. The van der Waals surface area contributed by atoms with Gasteiger partial charge in [0, 0.05) is 33.3 Å². The van der Waals surface area contributed by atoms with Crippen LogP contribution < -0.4 is 5.32 Å². The molecular formula is C31H23N5. The fourth-order valence-corrected chi connectivity index (χ4v) is 4.44. The number of para-hydroxylation sites is 2. The number of allylic oxidation sites excluding steroid dienone is 1. The minimum Gasteiger partial charge on any atom is -0.325 e. The molecular weight excluding hydrogens is 442 g/mol. The van der Waals surface area contributed by atoms with E-state index in [-0.39, 0.29) is 0 Å². The molecule has 0 spiro atoms. The summed E-state index contributed by atoms with van der Waals surface area (Å²) in [5.41, 5.74) is 5.77. The highest BCUT2D eigenvalue weighted by Gasteiger charge is 2.15. The SMILES string of the molecule is C=CC(=C)Nc1nc(-c2ccccc2)nc(-c2ccc3c4ccccc4n(-c4ccccc4)c3c2)n1. The van der Waals surface area contributed by atoms with Gasteiger partial charge in [0.1, 0.15) is 0 Å². The van der Waals surface area contributed by atoms with E-state index in [1.165, 1.54) is 10.8 Å². The van der Waals surface area contributed by atoms with E-state index in [4.69, 9.17) is 9.97 Å². The lowest BCUT2D eigenvalue weighted by Crippen LogP contribution is -2.05. The molecule has 0 aliphatic rings. The van der Waals surface area contributed by atoms with Gasteiger partial charge in [0.2, 0.25) is 5.95 Å². The summed E-state index contributed by atoms with van der Waals surface area (Å²) in [5.74, 6) is 1.59. The highest BCUT2D eigenvalue weighted by atomic mass is 15.2. The molecule has 0 bridgehead atoms. The highest BCUT2D eigenvalue weighted by Crippen LogP contribution is 2.34. The van der Waals surface area contributed by atoms with Crippen LogP contribution >= 0.6 is 0 Å². The average molecular weight is 466 g/mol. The number of hydrogen-bond acceptors (Lipinski definition) is 4. The van der Waals surface area contributed by atoms with E-state index in [0.717, 1.165) is 27.8 Å². The van der Waals surface area contributed by atoms with Gasteiger partial charge >= 0.3 is 0 Å². The van der Waals surface area contributed by atoms with Crippen molar-refractivity contribution in [2.45, 2.75) is 0 Å². The number of fused-ring (bicyclic) bond motifs is 3. The quantitative estimate of drug-likeness (QED) is 0.260. The molecule has 0 aliphatic carbocycles. The van der Waals surface area contributed by atoms with Crippen molar-refractivity contribution in [1.82, 2.24) is 19.5 Å². The monoisotopic (exact) mass is 465 g/mol. The van der Waals surface area contributed by atoms with Crippen molar-refractivity contribution < 1.29 is 0 Å². The third kappa shape index (κ3) is 3.83. The van der Waals surface area contributed by atoms with Gasteiger partial charge in [-0.15, -0.1) is 0 Å². The second-order valence-corrected chi connectivity index (χ2v) is 8.45. The first-order valence-corrected chi connectivity index (χ1v) is 11.7. The molecule has 36 heavy (non-hydrogen) atoms. The molecule has 0 unspecified atom stereocenters. The van der Waals surface area contributed by atoms with Gasteiger partial charge in [0.25, 0.3) is 0 Å². The summed E-state index contributed by atoms with van der Waals surface area (Å²) in [6.07, 6.45) is 1.63. The molecule has 5 nitrogen and oxygen atoms in total. The molecule has 6 aromatic rings. The van der Waals surface area contributed by atoms with E-state index in [2.05, 4.69) is 94.8 Å². The molecule has 0 radical (unpaired) electrons. The Morgan fingerprint density at radius 2 is 1.31 bits per heavy atom. The number of hydrogen-bond donors (Lipinski definition) is 1. The van der Waals surface area contributed by atoms with Crippen LogP contribution in [0.15, 0.2) is 128 Å². The molecule has 2 aromatic heterocycles. The van der Waals surface area contributed by atoms with Gasteiger partial charge in [-0.05, 0) is 30.3 Å². The van der Waals surface area contributed by atoms with Crippen molar-refractivity contribution in [2.75, 3.05) is 5.32 Å². The van der Waals surface area contributed by atoms with Crippen LogP contribution in [0.2, 0.25) is 0 Å². The first kappa shape index (κ1) is 21.5. The van der Waals surface area contributed by atoms with E-state index >= 15 is 0 Å². The van der Waals surface area contributed by atoms with E-state index < -0.39 is 0 Å². The molecule has 172 valence electrons. The zero-order chi connectivity index (χ0) is 24.5. The fourth-order valence-electron chi connectivity index (χ4n) is 4.44. The van der Waals surface area contributed by atoms with Gasteiger partial charge in [-0.1, -0.05) is 92.0 Å². The summed E-state index contributed by atoms with van der Waals surface area (Å²) in [6.45, 7) is 7.73. The highest BCUT2D eigenvalue weighted by molar-refractivity contribution is 6.10. The zero-order valence-electron chi connectivity index (χ0n) is 19.6. The second kappa shape index (κ2) is 8.96. The fraction of sp³-hybridized carbons (Fsp3) is 0. The molecule has 5 heteroatoms. The maximum Gasteiger partial charge on any atom is 0.231 e. The topological polar surface area (TPSA) is 55.6 Å². The number of benzene rings is 4. The first-order valence-electron chi connectivity index (χ1n) is 11.7. The molecule has 0 fully saturated rings. The molecule has 0 aliphatic heterocycles. The van der Waals surface area contributed by atoms with Crippen LogP contribution in [0.5, 0.6) is 0 Å². The van der Waals surface area contributed by atoms with Crippen molar-refractivity contribution in [3.63, 3.8) is 0 Å². The van der Waals surface area contributed by atoms with Crippen molar-refractivity contribution in [3.8, 4) is 28.5 Å². The summed E-state index contributed by atoms with van der Waals surface area (Å²) in [6, 6.07) is 35.1. The number of anilines is 1. The van der Waals surface area contributed by atoms with E-state index in [1.54, 1.807) is 6.08 Å². The van der Waals surface area contributed by atoms with Gasteiger partial charge in [-0.2, -0.15) is 9.97 Å². The predicted octanol–water partition coefficient (Wildman–Crippen LogP) is 7.41. The van der Waals surface area contributed by atoms with E-state index in [0.29, 0.717) is 23.3 Å². The van der Waals surface area contributed by atoms with Gasteiger partial charge in [-0.3, -0.25) is 0 Å². The zero-order valence-corrected chi connectivity index (χ0v) is 19.6. The molecule has 2 heterocycles. The molecule has 0 saturated heterocycles. The van der Waals surface area contributed by atoms with Crippen LogP contribution in [-0.4, -0.2) is 19.5 Å². The molecule has 0 amide bonds.